The third kappa shape index (κ3) is 6.01. The number of carbonyl (C=O) groups is 2. The number of halogens is 2. The number of esters is 1. The highest BCUT2D eigenvalue weighted by atomic mass is 35.5. The number of piperazine rings is 1. The summed E-state index contributed by atoms with van der Waals surface area (Å²) in [4.78, 5) is 39.6. The molecule has 0 spiro atoms. The van der Waals surface area contributed by atoms with Gasteiger partial charge in [0.1, 0.15) is 23.0 Å². The monoisotopic (exact) mass is 621 g/mol. The van der Waals surface area contributed by atoms with E-state index in [1.807, 2.05) is 44.0 Å². The number of nitrogens with zero attached hydrogens (tertiary/aromatic N) is 5. The predicted octanol–water partition coefficient (Wildman–Crippen LogP) is 5.81. The Balaban J connectivity index is 1.46. The number of anilines is 1. The number of aryl methyl sites for hydroxylation is 2. The van der Waals surface area contributed by atoms with E-state index in [1.54, 1.807) is 37.5 Å². The first-order valence-corrected chi connectivity index (χ1v) is 14.8. The predicted molar refractivity (Wildman–Crippen MR) is 169 cm³/mol. The van der Waals surface area contributed by atoms with Crippen LogP contribution in [0.1, 0.15) is 59.8 Å². The van der Waals surface area contributed by atoms with Crippen molar-refractivity contribution in [2.45, 2.75) is 59.2 Å². The first-order valence-electron chi connectivity index (χ1n) is 14.4. The molecule has 9 nitrogen and oxygen atoms in total. The summed E-state index contributed by atoms with van der Waals surface area (Å²) in [5.41, 5.74) is 2.32. The third-order valence-corrected chi connectivity index (χ3v) is 8.28. The van der Waals surface area contributed by atoms with Gasteiger partial charge >= 0.3 is 5.97 Å². The maximum absolute atomic E-state index is 14.4. The molecule has 4 aromatic rings. The van der Waals surface area contributed by atoms with E-state index in [2.05, 4.69) is 9.88 Å². The highest BCUT2D eigenvalue weighted by molar-refractivity contribution is 6.30. The van der Waals surface area contributed by atoms with Crippen molar-refractivity contribution < 1.29 is 23.8 Å². The molecule has 1 N–H and O–H groups in total. The fourth-order valence-corrected chi connectivity index (χ4v) is 6.08. The molecule has 0 atom stereocenters. The van der Waals surface area contributed by atoms with E-state index in [0.717, 1.165) is 22.3 Å². The number of fused-ring (bicyclic) bond motifs is 1. The normalized spacial score (nSPS) is 15.1. The Morgan fingerprint density at radius 3 is 2.45 bits per heavy atom. The standard InChI is InChI=1S/C33H37ClFN5O4/c1-19-14-27(36-20(2)28(19)31(42)44-7)38-12-13-40(32(3,4)17-38)30(41)26-11-9-22-23(21-8-10-24(34)25(35)15-21)16-39(29(22)37-26)18-33(5,6)43/h8-11,14-16,43H,12-13,17-18H2,1-7H3. The van der Waals surface area contributed by atoms with E-state index in [4.69, 9.17) is 21.3 Å². The number of ether oxygens (including phenoxy) is 1. The number of rotatable bonds is 6. The minimum absolute atomic E-state index is 0.0296. The molecule has 0 radical (unpaired) electrons. The van der Waals surface area contributed by atoms with Crippen molar-refractivity contribution in [2.24, 2.45) is 0 Å². The number of benzene rings is 1. The minimum Gasteiger partial charge on any atom is -0.465 e. The zero-order valence-electron chi connectivity index (χ0n) is 26.0. The van der Waals surface area contributed by atoms with E-state index in [9.17, 15) is 19.1 Å². The van der Waals surface area contributed by atoms with Crippen molar-refractivity contribution in [3.05, 3.63) is 75.9 Å². The van der Waals surface area contributed by atoms with E-state index >= 15 is 0 Å². The quantitative estimate of drug-likeness (QED) is 0.271. The van der Waals surface area contributed by atoms with E-state index < -0.39 is 22.9 Å². The van der Waals surface area contributed by atoms with Gasteiger partial charge in [0.15, 0.2) is 0 Å². The first-order chi connectivity index (χ1) is 20.6. The number of hydrogen-bond donors (Lipinski definition) is 1. The van der Waals surface area contributed by atoms with Gasteiger partial charge in [-0.15, -0.1) is 0 Å². The summed E-state index contributed by atoms with van der Waals surface area (Å²) >= 11 is 5.92. The van der Waals surface area contributed by atoms with Crippen LogP contribution in [0, 0.1) is 19.7 Å². The number of aliphatic hydroxyl groups is 1. The van der Waals surface area contributed by atoms with Crippen molar-refractivity contribution in [2.75, 3.05) is 31.6 Å². The lowest BCUT2D eigenvalue weighted by atomic mass is 9.97. The highest BCUT2D eigenvalue weighted by Crippen LogP contribution is 2.34. The number of hydrogen-bond acceptors (Lipinski definition) is 7. The number of amides is 1. The van der Waals surface area contributed by atoms with Crippen molar-refractivity contribution in [3.8, 4) is 11.1 Å². The van der Waals surface area contributed by atoms with Gasteiger partial charge in [0, 0.05) is 36.8 Å². The molecule has 1 aromatic carbocycles. The van der Waals surface area contributed by atoms with Crippen molar-refractivity contribution in [3.63, 3.8) is 0 Å². The van der Waals surface area contributed by atoms with Crippen LogP contribution in [0.15, 0.2) is 42.6 Å². The van der Waals surface area contributed by atoms with E-state index in [1.165, 1.54) is 19.2 Å². The largest absolute Gasteiger partial charge is 0.465 e. The maximum atomic E-state index is 14.4. The Hall–Kier alpha value is -4.02. The van der Waals surface area contributed by atoms with Gasteiger partial charge in [0.25, 0.3) is 5.91 Å². The number of aromatic nitrogens is 3. The first kappa shape index (κ1) is 31.4. The maximum Gasteiger partial charge on any atom is 0.339 e. The van der Waals surface area contributed by atoms with Crippen LogP contribution in [-0.2, 0) is 11.3 Å². The smallest absolute Gasteiger partial charge is 0.339 e. The summed E-state index contributed by atoms with van der Waals surface area (Å²) in [5, 5.41) is 11.4. The lowest BCUT2D eigenvalue weighted by molar-refractivity contribution is 0.0506. The van der Waals surface area contributed by atoms with Crippen LogP contribution in [0.25, 0.3) is 22.2 Å². The van der Waals surface area contributed by atoms with Gasteiger partial charge in [-0.3, -0.25) is 4.79 Å². The number of methoxy groups -OCH3 is 1. The van der Waals surface area contributed by atoms with Crippen LogP contribution in [0.4, 0.5) is 10.2 Å². The molecular weight excluding hydrogens is 585 g/mol. The molecule has 5 rings (SSSR count). The second-order valence-electron chi connectivity index (χ2n) is 12.6. The molecule has 4 heterocycles. The Kier molecular flexibility index (Phi) is 8.20. The summed E-state index contributed by atoms with van der Waals surface area (Å²) in [5.74, 6) is -0.426. The molecule has 0 aliphatic carbocycles. The van der Waals surface area contributed by atoms with Crippen LogP contribution in [0.2, 0.25) is 5.02 Å². The Bertz CT molecular complexity index is 1760. The summed E-state index contributed by atoms with van der Waals surface area (Å²) in [7, 11) is 1.35. The van der Waals surface area contributed by atoms with Gasteiger partial charge in [-0.2, -0.15) is 0 Å². The molecule has 0 bridgehead atoms. The van der Waals surface area contributed by atoms with E-state index in [-0.39, 0.29) is 23.2 Å². The van der Waals surface area contributed by atoms with Crippen LogP contribution in [0.3, 0.4) is 0 Å². The molecule has 0 unspecified atom stereocenters. The summed E-state index contributed by atoms with van der Waals surface area (Å²) in [6.45, 7) is 12.8. The zero-order chi connectivity index (χ0) is 32.1. The molecule has 1 amide bonds. The van der Waals surface area contributed by atoms with Crippen LogP contribution >= 0.6 is 11.6 Å². The van der Waals surface area contributed by atoms with Crippen LogP contribution < -0.4 is 4.90 Å². The van der Waals surface area contributed by atoms with Gasteiger partial charge in [-0.1, -0.05) is 17.7 Å². The van der Waals surface area contributed by atoms with Crippen LogP contribution in [0.5, 0.6) is 0 Å². The average molecular weight is 622 g/mol. The lowest BCUT2D eigenvalue weighted by Gasteiger charge is -2.47. The van der Waals surface area contributed by atoms with Gasteiger partial charge in [0.2, 0.25) is 0 Å². The van der Waals surface area contributed by atoms with Crippen molar-refractivity contribution >= 4 is 40.3 Å². The minimum atomic E-state index is -1.06. The fraction of sp³-hybridized carbons (Fsp3) is 0.394. The molecular formula is C33H37ClFN5O4. The van der Waals surface area contributed by atoms with Gasteiger partial charge < -0.3 is 24.2 Å². The Morgan fingerprint density at radius 1 is 1.11 bits per heavy atom. The topological polar surface area (TPSA) is 101 Å². The molecule has 3 aromatic heterocycles. The third-order valence-electron chi connectivity index (χ3n) is 7.97. The number of carbonyl (C=O) groups excluding carboxylic acids is 2. The van der Waals surface area contributed by atoms with Crippen molar-refractivity contribution in [1.82, 2.24) is 19.4 Å². The molecule has 1 aliphatic rings. The van der Waals surface area contributed by atoms with Crippen molar-refractivity contribution in [1.29, 1.82) is 0 Å². The summed E-state index contributed by atoms with van der Waals surface area (Å²) in [6.07, 6.45) is 1.82. The van der Waals surface area contributed by atoms with Crippen LogP contribution in [-0.4, -0.2) is 74.3 Å². The summed E-state index contributed by atoms with van der Waals surface area (Å²) in [6, 6.07) is 9.99. The SMILES string of the molecule is COC(=O)c1c(C)cc(N2CCN(C(=O)c3ccc4c(-c5ccc(Cl)c(F)c5)cn(CC(C)(C)O)c4n3)C(C)(C)C2)nc1C. The zero-order valence-corrected chi connectivity index (χ0v) is 26.8. The number of pyridine rings is 2. The Morgan fingerprint density at radius 2 is 1.84 bits per heavy atom. The van der Waals surface area contributed by atoms with E-state index in [0.29, 0.717) is 42.1 Å². The average Bonchev–Trinajstić information content (AvgIpc) is 3.29. The Labute approximate surface area is 261 Å². The molecule has 1 saturated heterocycles. The lowest BCUT2D eigenvalue weighted by Crippen LogP contribution is -2.61. The molecule has 11 heteroatoms. The molecule has 232 valence electrons. The van der Waals surface area contributed by atoms with Gasteiger partial charge in [-0.25, -0.2) is 19.2 Å². The fourth-order valence-electron chi connectivity index (χ4n) is 5.96. The summed E-state index contributed by atoms with van der Waals surface area (Å²) < 4.78 is 21.1. The molecule has 44 heavy (non-hydrogen) atoms. The second-order valence-corrected chi connectivity index (χ2v) is 13.0. The molecule has 1 aliphatic heterocycles. The highest BCUT2D eigenvalue weighted by Gasteiger charge is 2.38. The van der Waals surface area contributed by atoms with Gasteiger partial charge in [0.05, 0.1) is 41.1 Å². The van der Waals surface area contributed by atoms with Gasteiger partial charge in [-0.05, 0) is 83.0 Å². The molecule has 0 saturated carbocycles. The molecule has 1 fully saturated rings. The second kappa shape index (κ2) is 11.5.